The Hall–Kier alpha value is -1.48. The van der Waals surface area contributed by atoms with Crippen LogP contribution in [0, 0.1) is 22.7 Å². The number of ether oxygens (including phenoxy) is 1. The Kier molecular flexibility index (Phi) is 5.19. The van der Waals surface area contributed by atoms with Crippen molar-refractivity contribution in [1.29, 1.82) is 0 Å². The van der Waals surface area contributed by atoms with Crippen molar-refractivity contribution in [1.82, 2.24) is 0 Å². The number of aliphatic hydroxyl groups is 3. The van der Waals surface area contributed by atoms with Crippen molar-refractivity contribution < 1.29 is 38.4 Å². The minimum atomic E-state index is -2.25. The van der Waals surface area contributed by atoms with Crippen LogP contribution in [0.5, 0.6) is 0 Å². The van der Waals surface area contributed by atoms with E-state index in [1.54, 1.807) is 6.92 Å². The minimum absolute atomic E-state index is 0.0369. The van der Waals surface area contributed by atoms with Crippen LogP contribution in [0.25, 0.3) is 0 Å². The van der Waals surface area contributed by atoms with Crippen molar-refractivity contribution in [3.8, 4) is 0 Å². The Morgan fingerprint density at radius 1 is 1.31 bits per heavy atom. The second-order valence-electron chi connectivity index (χ2n) is 10.9. The average Bonchev–Trinajstić information content (AvgIpc) is 2.96. The number of rotatable bonds is 4. The van der Waals surface area contributed by atoms with E-state index in [4.69, 9.17) is 4.74 Å². The van der Waals surface area contributed by atoms with Gasteiger partial charge in [-0.1, -0.05) is 13.0 Å². The van der Waals surface area contributed by atoms with Crippen LogP contribution in [-0.2, 0) is 14.3 Å². The van der Waals surface area contributed by atoms with Gasteiger partial charge in [0.2, 0.25) is 0 Å². The molecule has 4 rings (SSSR count). The van der Waals surface area contributed by atoms with Crippen LogP contribution in [0.3, 0.4) is 0 Å². The van der Waals surface area contributed by atoms with E-state index in [9.17, 15) is 24.9 Å². The lowest BCUT2D eigenvalue weighted by atomic mass is 9.44. The predicted molar refractivity (Wildman–Crippen MR) is 111 cm³/mol. The van der Waals surface area contributed by atoms with Crippen molar-refractivity contribution in [2.24, 2.45) is 22.7 Å². The molecule has 4 aliphatic rings. The molecular weight excluding hydrogens is 422 g/mol. The van der Waals surface area contributed by atoms with Crippen LogP contribution in [-0.4, -0.2) is 62.8 Å². The maximum atomic E-state index is 17.1. The Balaban J connectivity index is 1.85. The molecule has 0 aliphatic heterocycles. The molecule has 8 atom stereocenters. The normalized spacial score (nSPS) is 48.0. The molecule has 32 heavy (non-hydrogen) atoms. The standard InChI is InChI=1S/C24H32F2O6/c1-20(2,31)32-23(19(30)12-27)8-6-14-15-10-17(25)16-9-13(28)5-7-21(16,3)24(15,26)18(29)11-22(14,23)4/h5,7,9,14-15,17-18,27,29,31H,6,8,10-12H2,1-4H3/t14-,15?,17-,18?,21?,22?,23-,24-/m0/s1. The van der Waals surface area contributed by atoms with E-state index < -0.39 is 70.2 Å². The molecule has 3 fully saturated rings. The van der Waals surface area contributed by atoms with Crippen LogP contribution < -0.4 is 0 Å². The number of carbonyl (C=O) groups is 2. The largest absolute Gasteiger partial charge is 0.390 e. The highest BCUT2D eigenvalue weighted by atomic mass is 19.1. The fraction of sp³-hybridized carbons (Fsp3) is 0.750. The zero-order valence-corrected chi connectivity index (χ0v) is 18.9. The molecule has 0 spiro atoms. The highest BCUT2D eigenvalue weighted by Crippen LogP contribution is 2.70. The summed E-state index contributed by atoms with van der Waals surface area (Å²) in [6, 6.07) is 0. The molecule has 0 bridgehead atoms. The topological polar surface area (TPSA) is 104 Å². The van der Waals surface area contributed by atoms with Gasteiger partial charge in [0.15, 0.2) is 23.0 Å². The smallest absolute Gasteiger partial charge is 0.190 e. The number of carbonyl (C=O) groups excluding carboxylic acids is 2. The maximum absolute atomic E-state index is 17.1. The molecule has 0 aromatic carbocycles. The summed E-state index contributed by atoms with van der Waals surface area (Å²) >= 11 is 0. The van der Waals surface area contributed by atoms with Crippen molar-refractivity contribution >= 4 is 11.6 Å². The van der Waals surface area contributed by atoms with E-state index in [0.717, 1.165) is 6.08 Å². The van der Waals surface area contributed by atoms with Crippen molar-refractivity contribution in [2.45, 2.75) is 82.7 Å². The first-order valence-corrected chi connectivity index (χ1v) is 11.2. The zero-order valence-electron chi connectivity index (χ0n) is 18.9. The summed E-state index contributed by atoms with van der Waals surface area (Å²) in [6.07, 6.45) is 0.575. The summed E-state index contributed by atoms with van der Waals surface area (Å²) in [5, 5.41) is 31.4. The molecule has 0 aromatic rings. The Morgan fingerprint density at radius 3 is 2.56 bits per heavy atom. The third-order valence-electron chi connectivity index (χ3n) is 8.77. The Morgan fingerprint density at radius 2 is 1.97 bits per heavy atom. The number of allylic oxidation sites excluding steroid dienone is 4. The molecule has 3 N–H and O–H groups in total. The van der Waals surface area contributed by atoms with E-state index in [-0.39, 0.29) is 24.8 Å². The lowest BCUT2D eigenvalue weighted by Gasteiger charge is -2.63. The molecule has 4 unspecified atom stereocenters. The predicted octanol–water partition coefficient (Wildman–Crippen LogP) is 2.35. The van der Waals surface area contributed by atoms with E-state index in [0.29, 0.717) is 6.42 Å². The Bertz CT molecular complexity index is 909. The van der Waals surface area contributed by atoms with E-state index in [1.165, 1.54) is 32.9 Å². The van der Waals surface area contributed by atoms with Crippen LogP contribution in [0.2, 0.25) is 0 Å². The van der Waals surface area contributed by atoms with Gasteiger partial charge < -0.3 is 20.1 Å². The van der Waals surface area contributed by atoms with E-state index in [2.05, 4.69) is 0 Å². The lowest BCUT2D eigenvalue weighted by Crippen LogP contribution is -2.71. The van der Waals surface area contributed by atoms with Crippen LogP contribution in [0.4, 0.5) is 8.78 Å². The minimum Gasteiger partial charge on any atom is -0.390 e. The van der Waals surface area contributed by atoms with Gasteiger partial charge in [-0.2, -0.15) is 0 Å². The molecule has 0 heterocycles. The van der Waals surface area contributed by atoms with Gasteiger partial charge in [-0.25, -0.2) is 8.78 Å². The summed E-state index contributed by atoms with van der Waals surface area (Å²) in [6.45, 7) is 5.12. The lowest BCUT2D eigenvalue weighted by molar-refractivity contribution is -0.286. The molecule has 6 nitrogen and oxygen atoms in total. The highest BCUT2D eigenvalue weighted by Gasteiger charge is 2.76. The van der Waals surface area contributed by atoms with Gasteiger partial charge in [0, 0.05) is 16.7 Å². The quantitative estimate of drug-likeness (QED) is 0.564. The number of aliphatic hydroxyl groups excluding tert-OH is 2. The third kappa shape index (κ3) is 2.82. The second kappa shape index (κ2) is 7.01. The third-order valence-corrected chi connectivity index (χ3v) is 8.77. The van der Waals surface area contributed by atoms with Gasteiger partial charge in [0.25, 0.3) is 0 Å². The second-order valence-corrected chi connectivity index (χ2v) is 10.9. The van der Waals surface area contributed by atoms with Crippen molar-refractivity contribution in [3.05, 3.63) is 23.8 Å². The highest BCUT2D eigenvalue weighted by molar-refractivity contribution is 6.01. The maximum Gasteiger partial charge on any atom is 0.190 e. The molecule has 3 saturated carbocycles. The number of halogens is 2. The molecule has 0 amide bonds. The molecule has 178 valence electrons. The van der Waals surface area contributed by atoms with Crippen LogP contribution in [0.1, 0.15) is 53.4 Å². The molecule has 8 heteroatoms. The average molecular weight is 455 g/mol. The Labute approximate surface area is 186 Å². The summed E-state index contributed by atoms with van der Waals surface area (Å²) in [5.74, 6) is -4.28. The number of ketones is 2. The van der Waals surface area contributed by atoms with Crippen molar-refractivity contribution in [3.63, 3.8) is 0 Å². The van der Waals surface area contributed by atoms with Crippen molar-refractivity contribution in [2.75, 3.05) is 6.61 Å². The van der Waals surface area contributed by atoms with Crippen LogP contribution in [0.15, 0.2) is 23.8 Å². The van der Waals surface area contributed by atoms with E-state index in [1.807, 2.05) is 0 Å². The number of hydrogen-bond donors (Lipinski definition) is 3. The van der Waals surface area contributed by atoms with Gasteiger partial charge in [0.05, 0.1) is 6.10 Å². The molecule has 0 saturated heterocycles. The summed E-state index contributed by atoms with van der Waals surface area (Å²) in [5.41, 5.74) is -6.51. The van der Waals surface area contributed by atoms with Gasteiger partial charge in [-0.15, -0.1) is 0 Å². The number of hydrogen-bond acceptors (Lipinski definition) is 6. The first kappa shape index (κ1) is 23.7. The first-order valence-electron chi connectivity index (χ1n) is 11.2. The molecular formula is C24H32F2O6. The SMILES string of the molecule is CC(C)(O)O[C@]1(C(=O)CO)CC[C@H]2C3C[C@H](F)C4=CC(=O)C=CC4(C)[C@@]3(F)C(O)CC21C. The fourth-order valence-corrected chi connectivity index (χ4v) is 7.43. The van der Waals surface area contributed by atoms with Gasteiger partial charge in [-0.05, 0) is 70.1 Å². The molecule has 0 aromatic heterocycles. The number of Topliss-reactive ketones (excluding diaryl/α,β-unsaturated/α-hetero) is 1. The zero-order chi connectivity index (χ0) is 23.9. The van der Waals surface area contributed by atoms with E-state index >= 15 is 8.78 Å². The summed E-state index contributed by atoms with van der Waals surface area (Å²) in [4.78, 5) is 24.9. The first-order chi connectivity index (χ1) is 14.7. The van der Waals surface area contributed by atoms with Crippen LogP contribution >= 0.6 is 0 Å². The summed E-state index contributed by atoms with van der Waals surface area (Å²) in [7, 11) is 0. The van der Waals surface area contributed by atoms with Gasteiger partial charge >= 0.3 is 0 Å². The van der Waals surface area contributed by atoms with Gasteiger partial charge in [-0.3, -0.25) is 9.59 Å². The number of alkyl halides is 2. The molecule has 4 aliphatic carbocycles. The number of fused-ring (bicyclic) bond motifs is 5. The van der Waals surface area contributed by atoms with Gasteiger partial charge in [0.1, 0.15) is 18.4 Å². The fourth-order valence-electron chi connectivity index (χ4n) is 7.43. The monoisotopic (exact) mass is 454 g/mol. The molecule has 0 radical (unpaired) electrons. The summed E-state index contributed by atoms with van der Waals surface area (Å²) < 4.78 is 38.4.